The van der Waals surface area contributed by atoms with Crippen molar-refractivity contribution in [2.45, 2.75) is 58.3 Å². The van der Waals surface area contributed by atoms with Gasteiger partial charge in [-0.05, 0) is 33.6 Å². The SMILES string of the molecule is CCS(=O)CCNC1CC(OC(C)(C)C)C1. The van der Waals surface area contributed by atoms with Crippen LogP contribution in [0.2, 0.25) is 0 Å². The number of hydrogen-bond acceptors (Lipinski definition) is 3. The first-order valence-electron chi connectivity index (χ1n) is 6.17. The van der Waals surface area contributed by atoms with Crippen molar-refractivity contribution in [2.75, 3.05) is 18.1 Å². The van der Waals surface area contributed by atoms with Crippen molar-refractivity contribution in [1.29, 1.82) is 0 Å². The van der Waals surface area contributed by atoms with E-state index in [2.05, 4.69) is 26.1 Å². The quantitative estimate of drug-likeness (QED) is 0.776. The van der Waals surface area contributed by atoms with E-state index in [1.807, 2.05) is 6.92 Å². The average molecular weight is 247 g/mol. The van der Waals surface area contributed by atoms with Crippen LogP contribution in [-0.2, 0) is 15.5 Å². The Morgan fingerprint density at radius 2 is 2.00 bits per heavy atom. The maximum atomic E-state index is 11.2. The van der Waals surface area contributed by atoms with E-state index in [4.69, 9.17) is 4.74 Å². The van der Waals surface area contributed by atoms with E-state index in [0.29, 0.717) is 12.1 Å². The zero-order chi connectivity index (χ0) is 12.2. The zero-order valence-corrected chi connectivity index (χ0v) is 11.7. The fourth-order valence-electron chi connectivity index (χ4n) is 1.85. The molecule has 1 N–H and O–H groups in total. The molecular formula is C12H25NO2S. The summed E-state index contributed by atoms with van der Waals surface area (Å²) in [7, 11) is -0.640. The molecule has 0 amide bonds. The van der Waals surface area contributed by atoms with Gasteiger partial charge < -0.3 is 10.1 Å². The van der Waals surface area contributed by atoms with E-state index >= 15 is 0 Å². The smallest absolute Gasteiger partial charge is 0.0612 e. The van der Waals surface area contributed by atoms with Crippen LogP contribution < -0.4 is 5.32 Å². The first kappa shape index (κ1) is 14.1. The molecule has 1 fully saturated rings. The molecule has 1 atom stereocenters. The van der Waals surface area contributed by atoms with Crippen LogP contribution in [0.5, 0.6) is 0 Å². The van der Waals surface area contributed by atoms with Gasteiger partial charge in [0.25, 0.3) is 0 Å². The Bertz CT molecular complexity index is 232. The van der Waals surface area contributed by atoms with E-state index in [1.165, 1.54) is 0 Å². The summed E-state index contributed by atoms with van der Waals surface area (Å²) in [4.78, 5) is 0. The van der Waals surface area contributed by atoms with Crippen LogP contribution >= 0.6 is 0 Å². The lowest BCUT2D eigenvalue weighted by Gasteiger charge is -2.39. The van der Waals surface area contributed by atoms with Crippen LogP contribution in [0.4, 0.5) is 0 Å². The van der Waals surface area contributed by atoms with Crippen LogP contribution in [0.15, 0.2) is 0 Å². The van der Waals surface area contributed by atoms with Crippen molar-refractivity contribution >= 4 is 10.8 Å². The summed E-state index contributed by atoms with van der Waals surface area (Å²) in [5.41, 5.74) is -0.0284. The molecule has 3 nitrogen and oxygen atoms in total. The highest BCUT2D eigenvalue weighted by atomic mass is 32.2. The van der Waals surface area contributed by atoms with Crippen molar-refractivity contribution in [1.82, 2.24) is 5.32 Å². The van der Waals surface area contributed by atoms with Crippen LogP contribution in [-0.4, -0.2) is 40.0 Å². The van der Waals surface area contributed by atoms with Gasteiger partial charge in [-0.1, -0.05) is 6.92 Å². The van der Waals surface area contributed by atoms with Gasteiger partial charge in [-0.25, -0.2) is 0 Å². The lowest BCUT2D eigenvalue weighted by atomic mass is 9.88. The second kappa shape index (κ2) is 6.12. The van der Waals surface area contributed by atoms with E-state index in [9.17, 15) is 4.21 Å². The molecule has 0 aromatic heterocycles. The zero-order valence-electron chi connectivity index (χ0n) is 10.9. The van der Waals surface area contributed by atoms with E-state index in [0.717, 1.165) is 30.9 Å². The highest BCUT2D eigenvalue weighted by Gasteiger charge is 2.32. The normalized spacial score (nSPS) is 27.5. The van der Waals surface area contributed by atoms with Gasteiger partial charge in [0.2, 0.25) is 0 Å². The molecule has 96 valence electrons. The number of ether oxygens (including phenoxy) is 1. The second-order valence-electron chi connectivity index (χ2n) is 5.41. The van der Waals surface area contributed by atoms with Gasteiger partial charge in [0.1, 0.15) is 0 Å². The molecule has 1 unspecified atom stereocenters. The van der Waals surface area contributed by atoms with Crippen LogP contribution in [0.25, 0.3) is 0 Å². The fraction of sp³-hybridized carbons (Fsp3) is 1.00. The van der Waals surface area contributed by atoms with Crippen molar-refractivity contribution in [3.8, 4) is 0 Å². The molecular weight excluding hydrogens is 222 g/mol. The lowest BCUT2D eigenvalue weighted by Crippen LogP contribution is -2.48. The number of hydrogen-bond donors (Lipinski definition) is 1. The average Bonchev–Trinajstić information content (AvgIpc) is 2.11. The lowest BCUT2D eigenvalue weighted by molar-refractivity contribution is -0.102. The van der Waals surface area contributed by atoms with Crippen molar-refractivity contribution < 1.29 is 8.95 Å². The summed E-state index contributed by atoms with van der Waals surface area (Å²) in [6.07, 6.45) is 2.60. The Kier molecular flexibility index (Phi) is 5.41. The second-order valence-corrected chi connectivity index (χ2v) is 7.27. The summed E-state index contributed by atoms with van der Waals surface area (Å²) >= 11 is 0. The largest absolute Gasteiger partial charge is 0.373 e. The van der Waals surface area contributed by atoms with Crippen LogP contribution in [0.3, 0.4) is 0 Å². The maximum absolute atomic E-state index is 11.2. The molecule has 0 heterocycles. The molecule has 0 spiro atoms. The maximum Gasteiger partial charge on any atom is 0.0612 e. The highest BCUT2D eigenvalue weighted by molar-refractivity contribution is 7.84. The van der Waals surface area contributed by atoms with Gasteiger partial charge in [-0.3, -0.25) is 4.21 Å². The number of rotatable bonds is 6. The summed E-state index contributed by atoms with van der Waals surface area (Å²) in [5, 5.41) is 3.43. The standard InChI is InChI=1S/C12H25NO2S/c1-5-16(14)7-6-13-10-8-11(9-10)15-12(2,3)4/h10-11,13H,5-9H2,1-4H3. The summed E-state index contributed by atoms with van der Waals surface area (Å²) in [5.74, 6) is 1.54. The summed E-state index contributed by atoms with van der Waals surface area (Å²) in [6.45, 7) is 9.12. The highest BCUT2D eigenvalue weighted by Crippen LogP contribution is 2.27. The molecule has 1 saturated carbocycles. The first-order chi connectivity index (χ1) is 7.40. The molecule has 1 aliphatic carbocycles. The van der Waals surface area contributed by atoms with Gasteiger partial charge in [-0.15, -0.1) is 0 Å². The summed E-state index contributed by atoms with van der Waals surface area (Å²) in [6, 6.07) is 0.571. The summed E-state index contributed by atoms with van der Waals surface area (Å²) < 4.78 is 17.1. The van der Waals surface area contributed by atoms with Crippen LogP contribution in [0.1, 0.15) is 40.5 Å². The molecule has 0 radical (unpaired) electrons. The van der Waals surface area contributed by atoms with Crippen molar-refractivity contribution in [3.05, 3.63) is 0 Å². The Balaban J connectivity index is 2.02. The topological polar surface area (TPSA) is 38.3 Å². The third-order valence-corrected chi connectivity index (χ3v) is 4.00. The molecule has 16 heavy (non-hydrogen) atoms. The monoisotopic (exact) mass is 247 g/mol. The number of nitrogens with one attached hydrogen (secondary N) is 1. The third kappa shape index (κ3) is 5.41. The predicted molar refractivity (Wildman–Crippen MR) is 69.2 cm³/mol. The van der Waals surface area contributed by atoms with Crippen molar-refractivity contribution in [3.63, 3.8) is 0 Å². The minimum Gasteiger partial charge on any atom is -0.373 e. The molecule has 0 aromatic carbocycles. The van der Waals surface area contributed by atoms with Gasteiger partial charge in [-0.2, -0.15) is 0 Å². The Hall–Kier alpha value is 0.0700. The minimum atomic E-state index is -0.640. The van der Waals surface area contributed by atoms with Gasteiger partial charge in [0.05, 0.1) is 11.7 Å². The van der Waals surface area contributed by atoms with Gasteiger partial charge in [0.15, 0.2) is 0 Å². The molecule has 1 aliphatic rings. The molecule has 1 rings (SSSR count). The van der Waals surface area contributed by atoms with E-state index in [1.54, 1.807) is 0 Å². The fourth-order valence-corrected chi connectivity index (χ4v) is 2.48. The molecule has 0 saturated heterocycles. The van der Waals surface area contributed by atoms with E-state index in [-0.39, 0.29) is 5.60 Å². The van der Waals surface area contributed by atoms with E-state index < -0.39 is 10.8 Å². The molecule has 4 heteroatoms. The Morgan fingerprint density at radius 3 is 2.50 bits per heavy atom. The van der Waals surface area contributed by atoms with Gasteiger partial charge >= 0.3 is 0 Å². The third-order valence-electron chi connectivity index (χ3n) is 2.70. The van der Waals surface area contributed by atoms with Crippen molar-refractivity contribution in [2.24, 2.45) is 0 Å². The minimum absolute atomic E-state index is 0.0284. The molecule has 0 bridgehead atoms. The first-order valence-corrected chi connectivity index (χ1v) is 7.65. The molecule has 0 aromatic rings. The van der Waals surface area contributed by atoms with Gasteiger partial charge in [0, 0.05) is 34.9 Å². The molecule has 0 aliphatic heterocycles. The predicted octanol–water partition coefficient (Wildman–Crippen LogP) is 1.69. The van der Waals surface area contributed by atoms with Crippen LogP contribution in [0, 0.1) is 0 Å². The Labute approximate surface area is 102 Å². The Morgan fingerprint density at radius 1 is 1.38 bits per heavy atom.